The molecule has 2 aromatic heterocycles. The van der Waals surface area contributed by atoms with E-state index >= 15 is 0 Å². The van der Waals surface area contributed by atoms with Crippen LogP contribution in [0.4, 0.5) is 5.13 Å². The zero-order valence-corrected chi connectivity index (χ0v) is 21.2. The normalized spacial score (nSPS) is 22.0. The Kier molecular flexibility index (Phi) is 7.98. The van der Waals surface area contributed by atoms with Crippen molar-refractivity contribution in [3.05, 3.63) is 23.7 Å². The van der Waals surface area contributed by atoms with Crippen LogP contribution in [-0.4, -0.2) is 54.8 Å². The molecule has 0 aromatic carbocycles. The third-order valence-corrected chi connectivity index (χ3v) is 9.18. The topological polar surface area (TPSA) is 131 Å². The highest BCUT2D eigenvalue weighted by Gasteiger charge is 2.27. The molecule has 2 atom stereocenters. The van der Waals surface area contributed by atoms with E-state index < -0.39 is 16.1 Å². The molecule has 2 aliphatic rings. The van der Waals surface area contributed by atoms with Gasteiger partial charge in [0.25, 0.3) is 0 Å². The maximum atomic E-state index is 13.1. The van der Waals surface area contributed by atoms with E-state index in [1.807, 2.05) is 6.92 Å². The molecule has 0 bridgehead atoms. The number of aliphatic hydroxyl groups excluding tert-OH is 1. The molecule has 11 heteroatoms. The Morgan fingerprint density at radius 2 is 1.97 bits per heavy atom. The van der Waals surface area contributed by atoms with Crippen molar-refractivity contribution in [1.29, 1.82) is 0 Å². The number of nitrogens with zero attached hydrogens (tertiary/aromatic N) is 2. The molecular formula is C23H32N4O5S2. The molecule has 2 aromatic rings. The van der Waals surface area contributed by atoms with Gasteiger partial charge in [-0.05, 0) is 64.4 Å². The minimum atomic E-state index is -3.81. The van der Waals surface area contributed by atoms with E-state index in [9.17, 15) is 18.3 Å². The van der Waals surface area contributed by atoms with Crippen LogP contribution in [0, 0.1) is 19.8 Å². The summed E-state index contributed by atoms with van der Waals surface area (Å²) in [5, 5.41) is 13.3. The number of sulfonamides is 1. The molecule has 0 radical (unpaired) electrons. The van der Waals surface area contributed by atoms with Crippen LogP contribution in [0.2, 0.25) is 0 Å². The van der Waals surface area contributed by atoms with Crippen molar-refractivity contribution in [3.8, 4) is 10.4 Å². The quantitative estimate of drug-likeness (QED) is 0.524. The number of pyridine rings is 1. The number of hydrogen-bond acceptors (Lipinski definition) is 8. The zero-order valence-electron chi connectivity index (χ0n) is 19.5. The van der Waals surface area contributed by atoms with Gasteiger partial charge < -0.3 is 15.2 Å². The van der Waals surface area contributed by atoms with Gasteiger partial charge in [-0.25, -0.2) is 18.1 Å². The SMILES string of the molecule is Cc1ncc(-c2sc(NC(=O)CC3CCOCC3)nc2C)cc1S(=O)(=O)NC1CCCC(O)C1. The van der Waals surface area contributed by atoms with Gasteiger partial charge in [0.05, 0.1) is 22.4 Å². The molecule has 1 aliphatic carbocycles. The second-order valence-corrected chi connectivity index (χ2v) is 11.9. The van der Waals surface area contributed by atoms with E-state index in [1.54, 1.807) is 19.2 Å². The standard InChI is InChI=1S/C23H32N4O5S2/c1-14-20(34(30,31)27-18-4-3-5-19(28)12-18)11-17(13-24-14)22-15(2)25-23(33-22)26-21(29)10-16-6-8-32-9-7-16/h11,13,16,18-19,27-28H,3-10,12H2,1-2H3,(H,25,26,29). The predicted molar refractivity (Wildman–Crippen MR) is 130 cm³/mol. The fourth-order valence-electron chi connectivity index (χ4n) is 4.56. The van der Waals surface area contributed by atoms with Crippen molar-refractivity contribution in [2.45, 2.75) is 75.8 Å². The number of aromatic nitrogens is 2. The first-order valence-corrected chi connectivity index (χ1v) is 14.0. The second kappa shape index (κ2) is 10.8. The number of ether oxygens (including phenoxy) is 1. The van der Waals surface area contributed by atoms with Gasteiger partial charge in [-0.3, -0.25) is 9.78 Å². The average Bonchev–Trinajstić information content (AvgIpc) is 3.14. The first-order chi connectivity index (χ1) is 16.2. The van der Waals surface area contributed by atoms with Gasteiger partial charge in [-0.15, -0.1) is 0 Å². The summed E-state index contributed by atoms with van der Waals surface area (Å²) in [6, 6.07) is 1.32. The Morgan fingerprint density at radius 1 is 1.21 bits per heavy atom. The van der Waals surface area contributed by atoms with E-state index in [0.29, 0.717) is 66.9 Å². The fraction of sp³-hybridized carbons (Fsp3) is 0.609. The van der Waals surface area contributed by atoms with Gasteiger partial charge in [0, 0.05) is 37.4 Å². The average molecular weight is 509 g/mol. The van der Waals surface area contributed by atoms with Crippen LogP contribution in [0.25, 0.3) is 10.4 Å². The zero-order chi connectivity index (χ0) is 24.3. The van der Waals surface area contributed by atoms with Gasteiger partial charge in [0.2, 0.25) is 15.9 Å². The minimum Gasteiger partial charge on any atom is -0.393 e. The highest BCUT2D eigenvalue weighted by molar-refractivity contribution is 7.89. The number of aliphatic hydroxyl groups is 1. The number of anilines is 1. The van der Waals surface area contributed by atoms with E-state index in [0.717, 1.165) is 24.1 Å². The Bertz CT molecular complexity index is 1130. The van der Waals surface area contributed by atoms with Crippen LogP contribution in [-0.2, 0) is 19.6 Å². The monoisotopic (exact) mass is 508 g/mol. The lowest BCUT2D eigenvalue weighted by Gasteiger charge is -2.26. The number of rotatable bonds is 7. The van der Waals surface area contributed by atoms with Crippen molar-refractivity contribution in [1.82, 2.24) is 14.7 Å². The molecule has 186 valence electrons. The smallest absolute Gasteiger partial charge is 0.242 e. The first kappa shape index (κ1) is 25.2. The van der Waals surface area contributed by atoms with Crippen LogP contribution in [0.1, 0.15) is 56.3 Å². The van der Waals surface area contributed by atoms with Crippen molar-refractivity contribution in [2.75, 3.05) is 18.5 Å². The number of carbonyl (C=O) groups excluding carboxylic acids is 1. The van der Waals surface area contributed by atoms with Crippen molar-refractivity contribution in [2.24, 2.45) is 5.92 Å². The molecular weight excluding hydrogens is 476 g/mol. The first-order valence-electron chi connectivity index (χ1n) is 11.7. The fourth-order valence-corrected chi connectivity index (χ4v) is 7.03. The number of thiazole rings is 1. The minimum absolute atomic E-state index is 0.0728. The van der Waals surface area contributed by atoms with E-state index in [-0.39, 0.29) is 16.8 Å². The number of amides is 1. The molecule has 34 heavy (non-hydrogen) atoms. The molecule has 4 rings (SSSR count). The summed E-state index contributed by atoms with van der Waals surface area (Å²) in [6.07, 6.45) is 5.96. The van der Waals surface area contributed by atoms with Crippen molar-refractivity contribution < 1.29 is 23.1 Å². The van der Waals surface area contributed by atoms with Crippen LogP contribution >= 0.6 is 11.3 Å². The summed E-state index contributed by atoms with van der Waals surface area (Å²) >= 11 is 1.31. The van der Waals surface area contributed by atoms with E-state index in [4.69, 9.17) is 4.74 Å². The molecule has 1 aliphatic heterocycles. The molecule has 1 saturated carbocycles. The predicted octanol–water partition coefficient (Wildman–Crippen LogP) is 3.16. The highest BCUT2D eigenvalue weighted by atomic mass is 32.2. The summed E-state index contributed by atoms with van der Waals surface area (Å²) in [4.78, 5) is 22.2. The Morgan fingerprint density at radius 3 is 2.71 bits per heavy atom. The largest absolute Gasteiger partial charge is 0.393 e. The lowest BCUT2D eigenvalue weighted by Crippen LogP contribution is -2.40. The summed E-state index contributed by atoms with van der Waals surface area (Å²) < 4.78 is 34.3. The highest BCUT2D eigenvalue weighted by Crippen LogP contribution is 2.34. The molecule has 1 saturated heterocycles. The van der Waals surface area contributed by atoms with E-state index in [2.05, 4.69) is 20.0 Å². The lowest BCUT2D eigenvalue weighted by atomic mass is 9.94. The van der Waals surface area contributed by atoms with Crippen molar-refractivity contribution in [3.63, 3.8) is 0 Å². The third kappa shape index (κ3) is 6.19. The van der Waals surface area contributed by atoms with Crippen molar-refractivity contribution >= 4 is 32.4 Å². The van der Waals surface area contributed by atoms with Gasteiger partial charge in [-0.2, -0.15) is 0 Å². The summed E-state index contributed by atoms with van der Waals surface area (Å²) in [6.45, 7) is 4.88. The molecule has 2 fully saturated rings. The summed E-state index contributed by atoms with van der Waals surface area (Å²) in [7, 11) is -3.81. The van der Waals surface area contributed by atoms with Crippen LogP contribution < -0.4 is 10.0 Å². The van der Waals surface area contributed by atoms with Crippen LogP contribution in [0.15, 0.2) is 17.2 Å². The number of nitrogens with one attached hydrogen (secondary N) is 2. The van der Waals surface area contributed by atoms with Gasteiger partial charge >= 0.3 is 0 Å². The van der Waals surface area contributed by atoms with E-state index in [1.165, 1.54) is 11.3 Å². The summed E-state index contributed by atoms with van der Waals surface area (Å²) in [5.74, 6) is 0.248. The number of carbonyl (C=O) groups is 1. The number of aryl methyl sites for hydroxylation is 2. The third-order valence-electron chi connectivity index (χ3n) is 6.42. The second-order valence-electron chi connectivity index (χ2n) is 9.19. The number of hydrogen-bond donors (Lipinski definition) is 3. The Hall–Kier alpha value is -1.92. The molecule has 1 amide bonds. The summed E-state index contributed by atoms with van der Waals surface area (Å²) in [5.41, 5.74) is 1.73. The lowest BCUT2D eigenvalue weighted by molar-refractivity contribution is -0.117. The molecule has 3 heterocycles. The molecule has 3 N–H and O–H groups in total. The maximum Gasteiger partial charge on any atom is 0.242 e. The van der Waals surface area contributed by atoms with Gasteiger partial charge in [0.1, 0.15) is 4.90 Å². The molecule has 0 spiro atoms. The maximum absolute atomic E-state index is 13.1. The van der Waals surface area contributed by atoms with Gasteiger partial charge in [0.15, 0.2) is 5.13 Å². The van der Waals surface area contributed by atoms with Crippen LogP contribution in [0.3, 0.4) is 0 Å². The Labute approximate surface area is 204 Å². The molecule has 9 nitrogen and oxygen atoms in total. The Balaban J connectivity index is 1.49. The van der Waals surface area contributed by atoms with Gasteiger partial charge in [-0.1, -0.05) is 11.3 Å². The molecule has 2 unspecified atom stereocenters. The van der Waals surface area contributed by atoms with Crippen LogP contribution in [0.5, 0.6) is 0 Å².